The zero-order valence-corrected chi connectivity index (χ0v) is 22.0. The van der Waals surface area contributed by atoms with Crippen LogP contribution in [0.25, 0.3) is 0 Å². The van der Waals surface area contributed by atoms with Gasteiger partial charge in [-0.1, -0.05) is 51.1 Å². The third kappa shape index (κ3) is 7.13. The first kappa shape index (κ1) is 27.3. The molecule has 0 bridgehead atoms. The van der Waals surface area contributed by atoms with Crippen LogP contribution in [0.4, 0.5) is 0 Å². The second-order valence-electron chi connectivity index (χ2n) is 9.24. The number of rotatable bonds is 12. The zero-order valence-electron chi connectivity index (χ0n) is 20.3. The Labute approximate surface area is 213 Å². The third-order valence-corrected chi connectivity index (χ3v) is 7.69. The van der Waals surface area contributed by atoms with Crippen LogP contribution in [0.15, 0.2) is 53.4 Å². The van der Waals surface area contributed by atoms with E-state index in [1.807, 2.05) is 51.1 Å². The number of amides is 1. The summed E-state index contributed by atoms with van der Waals surface area (Å²) in [6.45, 7) is 5.81. The summed E-state index contributed by atoms with van der Waals surface area (Å²) in [5.41, 5.74) is -1.01. The second kappa shape index (κ2) is 11.6. The fourth-order valence-corrected chi connectivity index (χ4v) is 5.97. The van der Waals surface area contributed by atoms with Crippen LogP contribution in [0.1, 0.15) is 39.2 Å². The number of aliphatic hydroxyl groups is 1. The van der Waals surface area contributed by atoms with Crippen LogP contribution < -0.4 is 14.8 Å². The average molecular weight is 523 g/mol. The molecule has 3 rings (SSSR count). The molecule has 35 heavy (non-hydrogen) atoms. The number of benzene rings is 2. The van der Waals surface area contributed by atoms with E-state index < -0.39 is 15.7 Å². The highest BCUT2D eigenvalue weighted by molar-refractivity contribution is 7.89. The van der Waals surface area contributed by atoms with E-state index in [0.29, 0.717) is 11.5 Å². The van der Waals surface area contributed by atoms with Gasteiger partial charge >= 0.3 is 0 Å². The van der Waals surface area contributed by atoms with Crippen molar-refractivity contribution >= 4 is 28.6 Å². The van der Waals surface area contributed by atoms with E-state index in [0.717, 1.165) is 9.87 Å². The fraction of sp³-hybridized carbons (Fsp3) is 0.480. The van der Waals surface area contributed by atoms with Gasteiger partial charge in [0, 0.05) is 43.7 Å². The van der Waals surface area contributed by atoms with Crippen molar-refractivity contribution in [2.24, 2.45) is 5.92 Å². The smallest absolute Gasteiger partial charge is 0.245 e. The van der Waals surface area contributed by atoms with Crippen LogP contribution >= 0.6 is 12.6 Å². The fourth-order valence-electron chi connectivity index (χ4n) is 3.95. The minimum Gasteiger partial charge on any atom is -0.454 e. The number of thiol groups is 1. The van der Waals surface area contributed by atoms with Crippen molar-refractivity contribution < 1.29 is 27.8 Å². The molecule has 8 nitrogen and oxygen atoms in total. The van der Waals surface area contributed by atoms with Crippen molar-refractivity contribution in [2.75, 3.05) is 19.9 Å². The standard InChI is InChI=1S/C25H34N2O6S2/c1-18(2)16-27(35(30,31)21-9-10-22-23(14-21)33-17-32-22)25(29,15-20-7-5-4-6-8-20)11-12-26-24(28)13-19(3)34/h4-10,14,18-19,29,34H,11-13,15-17H2,1-3H3,(H,26,28). The van der Waals surface area contributed by atoms with Gasteiger partial charge in [-0.3, -0.25) is 4.79 Å². The molecule has 0 radical (unpaired) electrons. The normalized spacial score (nSPS) is 15.7. The SMILES string of the molecule is CC(C)CN(C(O)(CCNC(=O)CC(C)S)Cc1ccccc1)S(=O)(=O)c1ccc2c(c1)OCO2. The number of nitrogens with zero attached hydrogens (tertiary/aromatic N) is 1. The number of carbonyl (C=O) groups is 1. The van der Waals surface area contributed by atoms with Gasteiger partial charge in [-0.2, -0.15) is 16.9 Å². The summed E-state index contributed by atoms with van der Waals surface area (Å²) in [6, 6.07) is 13.6. The molecule has 1 amide bonds. The molecule has 2 N–H and O–H groups in total. The van der Waals surface area contributed by atoms with Gasteiger partial charge in [-0.05, 0) is 23.6 Å². The molecule has 0 aromatic heterocycles. The quantitative estimate of drug-likeness (QED) is 0.292. The molecular formula is C25H34N2O6S2. The Morgan fingerprint density at radius 3 is 2.49 bits per heavy atom. The Kier molecular flexibility index (Phi) is 9.09. The van der Waals surface area contributed by atoms with Crippen LogP contribution in [-0.4, -0.2) is 54.6 Å². The van der Waals surface area contributed by atoms with Crippen molar-refractivity contribution in [3.8, 4) is 11.5 Å². The maximum Gasteiger partial charge on any atom is 0.245 e. The van der Waals surface area contributed by atoms with Crippen LogP contribution in [-0.2, 0) is 21.2 Å². The topological polar surface area (TPSA) is 105 Å². The molecule has 2 atom stereocenters. The first-order chi connectivity index (χ1) is 16.5. The molecule has 2 aromatic rings. The number of carbonyl (C=O) groups excluding carboxylic acids is 1. The van der Waals surface area contributed by atoms with Gasteiger partial charge in [-0.15, -0.1) is 0 Å². The molecule has 0 spiro atoms. The van der Waals surface area contributed by atoms with Gasteiger partial charge < -0.3 is 19.9 Å². The van der Waals surface area contributed by atoms with Crippen molar-refractivity contribution in [3.63, 3.8) is 0 Å². The summed E-state index contributed by atoms with van der Waals surface area (Å²) in [5.74, 6) is 0.541. The predicted octanol–water partition coefficient (Wildman–Crippen LogP) is 3.21. The maximum atomic E-state index is 13.9. The van der Waals surface area contributed by atoms with E-state index in [-0.39, 0.29) is 61.1 Å². The van der Waals surface area contributed by atoms with E-state index >= 15 is 0 Å². The summed E-state index contributed by atoms with van der Waals surface area (Å²) in [6.07, 6.45) is 0.291. The lowest BCUT2D eigenvalue weighted by Crippen LogP contribution is -2.55. The van der Waals surface area contributed by atoms with Crippen LogP contribution in [0, 0.1) is 5.92 Å². The average Bonchev–Trinajstić information content (AvgIpc) is 3.25. The van der Waals surface area contributed by atoms with Crippen LogP contribution in [0.3, 0.4) is 0 Å². The van der Waals surface area contributed by atoms with Gasteiger partial charge in [0.25, 0.3) is 0 Å². The minimum absolute atomic E-state index is 0.00169. The van der Waals surface area contributed by atoms with E-state index in [4.69, 9.17) is 9.47 Å². The highest BCUT2D eigenvalue weighted by atomic mass is 32.2. The third-order valence-electron chi connectivity index (χ3n) is 5.59. The Bertz CT molecular complexity index is 1110. The molecule has 2 unspecified atom stereocenters. The predicted molar refractivity (Wildman–Crippen MR) is 137 cm³/mol. The number of fused-ring (bicyclic) bond motifs is 1. The minimum atomic E-state index is -4.14. The number of hydrogen-bond acceptors (Lipinski definition) is 7. The van der Waals surface area contributed by atoms with Crippen LogP contribution in [0.5, 0.6) is 11.5 Å². The van der Waals surface area contributed by atoms with Crippen molar-refractivity contribution in [1.82, 2.24) is 9.62 Å². The number of sulfonamides is 1. The number of ether oxygens (including phenoxy) is 2. The highest BCUT2D eigenvalue weighted by Gasteiger charge is 2.43. The van der Waals surface area contributed by atoms with Crippen LogP contribution in [0.2, 0.25) is 0 Å². The second-order valence-corrected chi connectivity index (χ2v) is 12.0. The Hall–Kier alpha value is -2.27. The van der Waals surface area contributed by atoms with E-state index in [1.54, 1.807) is 6.07 Å². The molecule has 1 aliphatic rings. The lowest BCUT2D eigenvalue weighted by atomic mass is 9.98. The van der Waals surface area contributed by atoms with Gasteiger partial charge in [0.05, 0.1) is 4.90 Å². The molecule has 0 saturated carbocycles. The van der Waals surface area contributed by atoms with Crippen molar-refractivity contribution in [3.05, 3.63) is 54.1 Å². The lowest BCUT2D eigenvalue weighted by Gasteiger charge is -2.40. The molecular weight excluding hydrogens is 488 g/mol. The summed E-state index contributed by atoms with van der Waals surface area (Å²) in [4.78, 5) is 12.2. The lowest BCUT2D eigenvalue weighted by molar-refractivity contribution is -0.121. The van der Waals surface area contributed by atoms with Crippen molar-refractivity contribution in [1.29, 1.82) is 0 Å². The Morgan fingerprint density at radius 1 is 1.14 bits per heavy atom. The summed E-state index contributed by atoms with van der Waals surface area (Å²) in [7, 11) is -4.14. The molecule has 192 valence electrons. The molecule has 1 heterocycles. The Balaban J connectivity index is 1.96. The number of nitrogens with one attached hydrogen (secondary N) is 1. The van der Waals surface area contributed by atoms with E-state index in [9.17, 15) is 18.3 Å². The van der Waals surface area contributed by atoms with E-state index in [1.165, 1.54) is 12.1 Å². The van der Waals surface area contributed by atoms with Gasteiger partial charge in [-0.25, -0.2) is 8.42 Å². The number of hydrogen-bond donors (Lipinski definition) is 3. The molecule has 0 fully saturated rings. The molecule has 0 saturated heterocycles. The maximum absolute atomic E-state index is 13.9. The Morgan fingerprint density at radius 2 is 1.83 bits per heavy atom. The molecule has 0 aliphatic carbocycles. The van der Waals surface area contributed by atoms with Crippen molar-refractivity contribution in [2.45, 2.75) is 55.9 Å². The molecule has 1 aliphatic heterocycles. The highest BCUT2D eigenvalue weighted by Crippen LogP contribution is 2.37. The summed E-state index contributed by atoms with van der Waals surface area (Å²) >= 11 is 4.24. The van der Waals surface area contributed by atoms with Gasteiger partial charge in [0.15, 0.2) is 11.5 Å². The van der Waals surface area contributed by atoms with Gasteiger partial charge in [0.2, 0.25) is 22.7 Å². The summed E-state index contributed by atoms with van der Waals surface area (Å²) < 4.78 is 39.7. The first-order valence-electron chi connectivity index (χ1n) is 11.6. The first-order valence-corrected chi connectivity index (χ1v) is 13.6. The zero-order chi connectivity index (χ0) is 25.6. The van der Waals surface area contributed by atoms with Gasteiger partial charge in [0.1, 0.15) is 5.72 Å². The van der Waals surface area contributed by atoms with E-state index in [2.05, 4.69) is 17.9 Å². The molecule has 2 aromatic carbocycles. The molecule has 10 heteroatoms. The summed E-state index contributed by atoms with van der Waals surface area (Å²) in [5, 5.41) is 14.7. The largest absolute Gasteiger partial charge is 0.454 e. The monoisotopic (exact) mass is 522 g/mol.